The Morgan fingerprint density at radius 2 is 1.91 bits per heavy atom. The summed E-state index contributed by atoms with van der Waals surface area (Å²) in [5.41, 5.74) is 2.72. The molecule has 35 heavy (non-hydrogen) atoms. The predicted molar refractivity (Wildman–Crippen MR) is 134 cm³/mol. The van der Waals surface area contributed by atoms with Gasteiger partial charge in [0, 0.05) is 51.4 Å². The van der Waals surface area contributed by atoms with Crippen LogP contribution in [0.2, 0.25) is 0 Å². The quantitative estimate of drug-likeness (QED) is 0.447. The van der Waals surface area contributed by atoms with Gasteiger partial charge in [-0.3, -0.25) is 9.80 Å². The Morgan fingerprint density at radius 1 is 1.14 bits per heavy atom. The van der Waals surface area contributed by atoms with Crippen molar-refractivity contribution < 1.29 is 19.0 Å². The number of rotatable bonds is 11. The Labute approximate surface area is 206 Å². The minimum absolute atomic E-state index is 0.353. The zero-order chi connectivity index (χ0) is 24.6. The molecule has 0 saturated carbocycles. The molecule has 2 aromatic carbocycles. The van der Waals surface area contributed by atoms with Gasteiger partial charge >= 0.3 is 0 Å². The molecule has 1 atom stereocenters. The summed E-state index contributed by atoms with van der Waals surface area (Å²) >= 11 is 0. The molecule has 1 aromatic heterocycles. The first-order valence-corrected chi connectivity index (χ1v) is 12.3. The van der Waals surface area contributed by atoms with E-state index in [-0.39, 0.29) is 5.82 Å². The Balaban J connectivity index is 1.60. The van der Waals surface area contributed by atoms with E-state index in [2.05, 4.69) is 16.7 Å². The van der Waals surface area contributed by atoms with Gasteiger partial charge in [-0.05, 0) is 25.1 Å². The molecule has 1 saturated heterocycles. The first kappa shape index (κ1) is 25.3. The van der Waals surface area contributed by atoms with E-state index in [1.807, 2.05) is 37.4 Å². The number of β-amino-alcohol motifs (C(OH)–C–C–N with tert-alkyl or cyclic N) is 1. The zero-order valence-corrected chi connectivity index (χ0v) is 20.6. The van der Waals surface area contributed by atoms with E-state index >= 15 is 0 Å². The highest BCUT2D eigenvalue weighted by Crippen LogP contribution is 2.34. The van der Waals surface area contributed by atoms with Crippen LogP contribution in [-0.4, -0.2) is 76.7 Å². The average Bonchev–Trinajstić information content (AvgIpc) is 3.15. The number of benzene rings is 2. The van der Waals surface area contributed by atoms with Crippen LogP contribution in [0.25, 0.3) is 11.3 Å². The van der Waals surface area contributed by atoms with Gasteiger partial charge in [-0.25, -0.2) is 9.07 Å². The lowest BCUT2D eigenvalue weighted by atomic mass is 10.1. The SMILES string of the molecule is CCCN(Cc1c(-c2ccccc2)nn(C)c1Oc1cccc(F)c1)CC(O)CN1CCOCC1. The summed E-state index contributed by atoms with van der Waals surface area (Å²) in [7, 11) is 1.84. The lowest BCUT2D eigenvalue weighted by Gasteiger charge is -2.31. The van der Waals surface area contributed by atoms with E-state index in [0.717, 1.165) is 42.9 Å². The molecule has 188 valence electrons. The highest BCUT2D eigenvalue weighted by Gasteiger charge is 2.24. The van der Waals surface area contributed by atoms with E-state index in [1.165, 1.54) is 12.1 Å². The molecule has 2 heterocycles. The molecular formula is C27H35FN4O3. The monoisotopic (exact) mass is 482 g/mol. The number of aliphatic hydroxyl groups is 1. The van der Waals surface area contributed by atoms with Gasteiger partial charge in [0.15, 0.2) is 0 Å². The van der Waals surface area contributed by atoms with E-state index in [9.17, 15) is 9.50 Å². The van der Waals surface area contributed by atoms with Gasteiger partial charge in [-0.2, -0.15) is 5.10 Å². The number of aliphatic hydroxyl groups excluding tert-OH is 1. The van der Waals surface area contributed by atoms with Crippen LogP contribution >= 0.6 is 0 Å². The third kappa shape index (κ3) is 6.89. The normalized spacial score (nSPS) is 15.5. The molecule has 7 nitrogen and oxygen atoms in total. The molecule has 0 spiro atoms. The smallest absolute Gasteiger partial charge is 0.222 e. The third-order valence-electron chi connectivity index (χ3n) is 6.11. The maximum Gasteiger partial charge on any atom is 0.222 e. The Kier molecular flexibility index (Phi) is 8.87. The van der Waals surface area contributed by atoms with Gasteiger partial charge in [0.2, 0.25) is 5.88 Å². The van der Waals surface area contributed by atoms with E-state index in [1.54, 1.807) is 16.8 Å². The summed E-state index contributed by atoms with van der Waals surface area (Å²) in [6, 6.07) is 16.1. The Hall–Kier alpha value is -2.78. The van der Waals surface area contributed by atoms with Crippen molar-refractivity contribution in [1.29, 1.82) is 0 Å². The maximum absolute atomic E-state index is 13.8. The molecule has 8 heteroatoms. The van der Waals surface area contributed by atoms with Gasteiger partial charge < -0.3 is 14.6 Å². The van der Waals surface area contributed by atoms with Crippen LogP contribution in [0, 0.1) is 5.82 Å². The molecule has 1 aliphatic heterocycles. The summed E-state index contributed by atoms with van der Waals surface area (Å²) in [6.07, 6.45) is 0.467. The first-order chi connectivity index (χ1) is 17.0. The number of ether oxygens (including phenoxy) is 2. The number of morpholine rings is 1. The number of hydrogen-bond donors (Lipinski definition) is 1. The van der Waals surface area contributed by atoms with Crippen molar-refractivity contribution in [3.8, 4) is 22.9 Å². The standard InChI is InChI=1S/C27H35FN4O3/c1-3-12-32(19-23(33)18-31-13-15-34-16-14-31)20-25-26(21-8-5-4-6-9-21)29-30(2)27(25)35-24-11-7-10-22(28)17-24/h4-11,17,23,33H,3,12-16,18-20H2,1-2H3. The lowest BCUT2D eigenvalue weighted by Crippen LogP contribution is -2.44. The third-order valence-corrected chi connectivity index (χ3v) is 6.11. The van der Waals surface area contributed by atoms with Gasteiger partial charge in [-0.1, -0.05) is 43.3 Å². The summed E-state index contributed by atoms with van der Waals surface area (Å²) in [5.74, 6) is 0.634. The molecule has 4 rings (SSSR count). The Bertz CT molecular complexity index is 1070. The number of aromatic nitrogens is 2. The van der Waals surface area contributed by atoms with E-state index in [0.29, 0.717) is 44.5 Å². The molecule has 0 amide bonds. The summed E-state index contributed by atoms with van der Waals surface area (Å²) < 4.78 is 27.1. The molecule has 0 bridgehead atoms. The summed E-state index contributed by atoms with van der Waals surface area (Å²) in [6.45, 7) is 7.77. The van der Waals surface area contributed by atoms with Crippen LogP contribution in [0.4, 0.5) is 4.39 Å². The van der Waals surface area contributed by atoms with Gasteiger partial charge in [0.05, 0.1) is 24.9 Å². The average molecular weight is 483 g/mol. The molecule has 1 aliphatic rings. The highest BCUT2D eigenvalue weighted by atomic mass is 19.1. The number of hydrogen-bond acceptors (Lipinski definition) is 6. The molecule has 1 fully saturated rings. The van der Waals surface area contributed by atoms with Crippen LogP contribution < -0.4 is 4.74 Å². The minimum atomic E-state index is -0.482. The molecule has 3 aromatic rings. The van der Waals surface area contributed by atoms with Crippen LogP contribution in [-0.2, 0) is 18.3 Å². The second-order valence-corrected chi connectivity index (χ2v) is 8.98. The first-order valence-electron chi connectivity index (χ1n) is 12.3. The van der Waals surface area contributed by atoms with Crippen molar-refractivity contribution in [3.63, 3.8) is 0 Å². The largest absolute Gasteiger partial charge is 0.439 e. The second-order valence-electron chi connectivity index (χ2n) is 8.98. The second kappa shape index (κ2) is 12.3. The van der Waals surface area contributed by atoms with Crippen molar-refractivity contribution in [3.05, 3.63) is 66.0 Å². The van der Waals surface area contributed by atoms with Crippen molar-refractivity contribution in [1.82, 2.24) is 19.6 Å². The number of nitrogens with zero attached hydrogens (tertiary/aromatic N) is 4. The zero-order valence-electron chi connectivity index (χ0n) is 20.6. The number of aryl methyl sites for hydroxylation is 1. The predicted octanol–water partition coefficient (Wildman–Crippen LogP) is 3.92. The molecule has 1 N–H and O–H groups in total. The van der Waals surface area contributed by atoms with Crippen LogP contribution in [0.1, 0.15) is 18.9 Å². The fourth-order valence-electron chi connectivity index (χ4n) is 4.50. The van der Waals surface area contributed by atoms with Gasteiger partial charge in [0.25, 0.3) is 0 Å². The fraction of sp³-hybridized carbons (Fsp3) is 0.444. The highest BCUT2D eigenvalue weighted by molar-refractivity contribution is 5.65. The Morgan fingerprint density at radius 3 is 2.63 bits per heavy atom. The van der Waals surface area contributed by atoms with E-state index < -0.39 is 6.10 Å². The number of halogens is 1. The van der Waals surface area contributed by atoms with Crippen LogP contribution in [0.3, 0.4) is 0 Å². The van der Waals surface area contributed by atoms with Crippen LogP contribution in [0.5, 0.6) is 11.6 Å². The molecule has 0 aliphatic carbocycles. The molecule has 0 radical (unpaired) electrons. The van der Waals surface area contributed by atoms with Crippen molar-refractivity contribution in [2.24, 2.45) is 7.05 Å². The topological polar surface area (TPSA) is 63.0 Å². The van der Waals surface area contributed by atoms with E-state index in [4.69, 9.17) is 14.6 Å². The summed E-state index contributed by atoms with van der Waals surface area (Å²) in [5, 5.41) is 15.7. The maximum atomic E-state index is 13.8. The van der Waals surface area contributed by atoms with Crippen molar-refractivity contribution >= 4 is 0 Å². The fourth-order valence-corrected chi connectivity index (χ4v) is 4.50. The van der Waals surface area contributed by atoms with Crippen molar-refractivity contribution in [2.75, 3.05) is 45.9 Å². The van der Waals surface area contributed by atoms with Gasteiger partial charge in [-0.15, -0.1) is 0 Å². The minimum Gasteiger partial charge on any atom is -0.439 e. The van der Waals surface area contributed by atoms with Crippen molar-refractivity contribution in [2.45, 2.75) is 26.0 Å². The lowest BCUT2D eigenvalue weighted by molar-refractivity contribution is 0.00624. The molecular weight excluding hydrogens is 447 g/mol. The molecule has 1 unspecified atom stereocenters. The van der Waals surface area contributed by atoms with Gasteiger partial charge in [0.1, 0.15) is 17.3 Å². The summed E-state index contributed by atoms with van der Waals surface area (Å²) in [4.78, 5) is 4.49. The van der Waals surface area contributed by atoms with Crippen LogP contribution in [0.15, 0.2) is 54.6 Å².